The highest BCUT2D eigenvalue weighted by molar-refractivity contribution is 6.18. The molecular weight excluding hydrogens is 330 g/mol. The Kier molecular flexibility index (Phi) is 3.41. The largest absolute Gasteiger partial charge is 0.399 e. The molecule has 0 radical (unpaired) electrons. The smallest absolute Gasteiger partial charge is 0.0551 e. The topological polar surface area (TPSA) is 67.8 Å². The zero-order valence-electron chi connectivity index (χ0n) is 14.7. The molecule has 0 saturated carbocycles. The lowest BCUT2D eigenvalue weighted by atomic mass is 9.94. The van der Waals surface area contributed by atoms with E-state index in [0.717, 1.165) is 39.1 Å². The SMILES string of the molecule is Nc1ccc(-c2ccc(-c3ccccc3N)c3[nH]c4ccccc4c23)cc1. The number of para-hydroxylation sites is 2. The van der Waals surface area contributed by atoms with Crippen LogP contribution in [-0.4, -0.2) is 4.98 Å². The normalized spacial score (nSPS) is 11.3. The summed E-state index contributed by atoms with van der Waals surface area (Å²) in [5.41, 5.74) is 20.4. The predicted octanol–water partition coefficient (Wildman–Crippen LogP) is 5.82. The van der Waals surface area contributed by atoms with Crippen LogP contribution >= 0.6 is 0 Å². The van der Waals surface area contributed by atoms with E-state index < -0.39 is 0 Å². The number of hydrogen-bond donors (Lipinski definition) is 3. The fourth-order valence-electron chi connectivity index (χ4n) is 3.83. The monoisotopic (exact) mass is 349 g/mol. The van der Waals surface area contributed by atoms with Crippen molar-refractivity contribution in [1.29, 1.82) is 0 Å². The lowest BCUT2D eigenvalue weighted by Gasteiger charge is -2.11. The summed E-state index contributed by atoms with van der Waals surface area (Å²) in [6, 6.07) is 28.7. The van der Waals surface area contributed by atoms with Crippen molar-refractivity contribution >= 4 is 33.2 Å². The van der Waals surface area contributed by atoms with Gasteiger partial charge >= 0.3 is 0 Å². The second-order valence-electron chi connectivity index (χ2n) is 6.79. The summed E-state index contributed by atoms with van der Waals surface area (Å²) in [7, 11) is 0. The first-order valence-corrected chi connectivity index (χ1v) is 8.96. The zero-order valence-corrected chi connectivity index (χ0v) is 14.7. The van der Waals surface area contributed by atoms with Crippen LogP contribution in [0.1, 0.15) is 0 Å². The Labute approximate surface area is 157 Å². The number of anilines is 2. The molecule has 5 aromatic rings. The molecule has 0 aliphatic heterocycles. The van der Waals surface area contributed by atoms with Gasteiger partial charge in [0.15, 0.2) is 0 Å². The third kappa shape index (κ3) is 2.44. The van der Waals surface area contributed by atoms with E-state index in [-0.39, 0.29) is 0 Å². The van der Waals surface area contributed by atoms with Gasteiger partial charge in [-0.25, -0.2) is 0 Å². The fraction of sp³-hybridized carbons (Fsp3) is 0. The number of H-pyrrole nitrogens is 1. The highest BCUT2D eigenvalue weighted by Gasteiger charge is 2.15. The Hall–Kier alpha value is -3.72. The van der Waals surface area contributed by atoms with Gasteiger partial charge in [-0.2, -0.15) is 0 Å². The van der Waals surface area contributed by atoms with E-state index in [1.54, 1.807) is 0 Å². The standard InChI is InChI=1S/C24H19N3/c25-16-11-9-15(10-12-16)17-13-14-19(18-5-1-3-7-21(18)26)24-23(17)20-6-2-4-8-22(20)27-24/h1-14,27H,25-26H2. The molecule has 0 unspecified atom stereocenters. The molecule has 1 aromatic heterocycles. The molecule has 3 nitrogen and oxygen atoms in total. The highest BCUT2D eigenvalue weighted by Crippen LogP contribution is 2.41. The number of aromatic nitrogens is 1. The molecule has 5 N–H and O–H groups in total. The fourth-order valence-corrected chi connectivity index (χ4v) is 3.83. The maximum absolute atomic E-state index is 6.28. The molecular formula is C24H19N3. The first-order chi connectivity index (χ1) is 13.2. The molecule has 0 atom stereocenters. The Morgan fingerprint density at radius 3 is 2.11 bits per heavy atom. The molecule has 3 heteroatoms. The molecule has 4 aromatic carbocycles. The van der Waals surface area contributed by atoms with Gasteiger partial charge in [-0.05, 0) is 35.4 Å². The van der Waals surface area contributed by atoms with E-state index in [2.05, 4.69) is 59.6 Å². The predicted molar refractivity (Wildman–Crippen MR) is 116 cm³/mol. The Morgan fingerprint density at radius 2 is 1.30 bits per heavy atom. The van der Waals surface area contributed by atoms with Gasteiger partial charge in [-0.1, -0.05) is 60.7 Å². The zero-order chi connectivity index (χ0) is 18.4. The highest BCUT2D eigenvalue weighted by atomic mass is 14.7. The van der Waals surface area contributed by atoms with Gasteiger partial charge < -0.3 is 16.5 Å². The molecule has 1 heterocycles. The second kappa shape index (κ2) is 5.92. The molecule has 0 bridgehead atoms. The molecule has 130 valence electrons. The molecule has 0 aliphatic carbocycles. The van der Waals surface area contributed by atoms with E-state index in [1.165, 1.54) is 16.3 Å². The van der Waals surface area contributed by atoms with Crippen LogP contribution in [0, 0.1) is 0 Å². The minimum atomic E-state index is 0.766. The van der Waals surface area contributed by atoms with E-state index in [9.17, 15) is 0 Å². The van der Waals surface area contributed by atoms with Crippen molar-refractivity contribution in [3.05, 3.63) is 84.9 Å². The van der Waals surface area contributed by atoms with Crippen molar-refractivity contribution in [3.63, 3.8) is 0 Å². The van der Waals surface area contributed by atoms with Gasteiger partial charge in [0.05, 0.1) is 5.52 Å². The minimum Gasteiger partial charge on any atom is -0.399 e. The Balaban J connectivity index is 1.90. The van der Waals surface area contributed by atoms with E-state index in [1.807, 2.05) is 30.3 Å². The van der Waals surface area contributed by atoms with Crippen molar-refractivity contribution < 1.29 is 0 Å². The number of rotatable bonds is 2. The second-order valence-corrected chi connectivity index (χ2v) is 6.79. The van der Waals surface area contributed by atoms with Crippen LogP contribution in [-0.2, 0) is 0 Å². The van der Waals surface area contributed by atoms with Crippen LogP contribution in [0.5, 0.6) is 0 Å². The summed E-state index contributed by atoms with van der Waals surface area (Å²) in [4.78, 5) is 3.61. The third-order valence-electron chi connectivity index (χ3n) is 5.13. The van der Waals surface area contributed by atoms with Crippen LogP contribution in [0.3, 0.4) is 0 Å². The van der Waals surface area contributed by atoms with Crippen LogP contribution in [0.25, 0.3) is 44.1 Å². The average Bonchev–Trinajstić information content (AvgIpc) is 3.08. The molecule has 0 fully saturated rings. The molecule has 0 saturated heterocycles. The lowest BCUT2D eigenvalue weighted by molar-refractivity contribution is 1.53. The van der Waals surface area contributed by atoms with Crippen LogP contribution in [0.15, 0.2) is 84.9 Å². The minimum absolute atomic E-state index is 0.766. The summed E-state index contributed by atoms with van der Waals surface area (Å²) >= 11 is 0. The van der Waals surface area contributed by atoms with Crippen molar-refractivity contribution in [1.82, 2.24) is 4.98 Å². The number of nitrogens with two attached hydrogens (primary N) is 2. The number of hydrogen-bond acceptors (Lipinski definition) is 2. The van der Waals surface area contributed by atoms with Gasteiger partial charge in [0, 0.05) is 38.8 Å². The van der Waals surface area contributed by atoms with Crippen molar-refractivity contribution in [3.8, 4) is 22.3 Å². The maximum Gasteiger partial charge on any atom is 0.0551 e. The average molecular weight is 349 g/mol. The summed E-state index contributed by atoms with van der Waals surface area (Å²) in [6.07, 6.45) is 0. The number of aromatic amines is 1. The quantitative estimate of drug-likeness (QED) is 0.352. The summed E-state index contributed by atoms with van der Waals surface area (Å²) in [5, 5.41) is 2.41. The lowest BCUT2D eigenvalue weighted by Crippen LogP contribution is -1.91. The Morgan fingerprint density at radius 1 is 0.593 bits per heavy atom. The number of nitrogen functional groups attached to an aromatic ring is 2. The summed E-state index contributed by atoms with van der Waals surface area (Å²) < 4.78 is 0. The number of fused-ring (bicyclic) bond motifs is 3. The van der Waals surface area contributed by atoms with Crippen molar-refractivity contribution in [2.75, 3.05) is 11.5 Å². The molecule has 5 rings (SSSR count). The van der Waals surface area contributed by atoms with Gasteiger partial charge in [-0.15, -0.1) is 0 Å². The van der Waals surface area contributed by atoms with E-state index in [4.69, 9.17) is 11.5 Å². The molecule has 0 spiro atoms. The number of benzene rings is 4. The van der Waals surface area contributed by atoms with Crippen molar-refractivity contribution in [2.24, 2.45) is 0 Å². The van der Waals surface area contributed by atoms with Gasteiger partial charge in [-0.3, -0.25) is 0 Å². The molecule has 27 heavy (non-hydrogen) atoms. The first kappa shape index (κ1) is 15.5. The molecule has 0 aliphatic rings. The van der Waals surface area contributed by atoms with Gasteiger partial charge in [0.1, 0.15) is 0 Å². The van der Waals surface area contributed by atoms with Crippen LogP contribution in [0.4, 0.5) is 11.4 Å². The van der Waals surface area contributed by atoms with Gasteiger partial charge in [0.25, 0.3) is 0 Å². The number of nitrogens with one attached hydrogen (secondary N) is 1. The van der Waals surface area contributed by atoms with E-state index >= 15 is 0 Å². The maximum atomic E-state index is 6.28. The van der Waals surface area contributed by atoms with Crippen LogP contribution < -0.4 is 11.5 Å². The van der Waals surface area contributed by atoms with Crippen molar-refractivity contribution in [2.45, 2.75) is 0 Å². The Bertz CT molecular complexity index is 1280. The summed E-state index contributed by atoms with van der Waals surface area (Å²) in [6.45, 7) is 0. The van der Waals surface area contributed by atoms with E-state index in [0.29, 0.717) is 0 Å². The third-order valence-corrected chi connectivity index (χ3v) is 5.13. The summed E-state index contributed by atoms with van der Waals surface area (Å²) in [5.74, 6) is 0. The van der Waals surface area contributed by atoms with Gasteiger partial charge in [0.2, 0.25) is 0 Å². The van der Waals surface area contributed by atoms with Crippen LogP contribution in [0.2, 0.25) is 0 Å². The molecule has 0 amide bonds. The first-order valence-electron chi connectivity index (χ1n) is 8.96.